The van der Waals surface area contributed by atoms with Gasteiger partial charge in [0.05, 0.1) is 12.1 Å². The highest BCUT2D eigenvalue weighted by Crippen LogP contribution is 2.38. The van der Waals surface area contributed by atoms with Crippen LogP contribution in [0.15, 0.2) is 12.1 Å². The average Bonchev–Trinajstić information content (AvgIpc) is 3.28. The van der Waals surface area contributed by atoms with Gasteiger partial charge in [0.2, 0.25) is 0 Å². The highest BCUT2D eigenvalue weighted by atomic mass is 16.5. The fourth-order valence-electron chi connectivity index (χ4n) is 3.21. The van der Waals surface area contributed by atoms with E-state index in [4.69, 9.17) is 4.74 Å². The fourth-order valence-corrected chi connectivity index (χ4v) is 3.21. The van der Waals surface area contributed by atoms with E-state index in [1.807, 2.05) is 16.6 Å². The first-order valence-corrected chi connectivity index (χ1v) is 7.87. The van der Waals surface area contributed by atoms with Crippen LogP contribution in [0.1, 0.15) is 50.3 Å². The lowest BCUT2D eigenvalue weighted by molar-refractivity contribution is 0.0605. The van der Waals surface area contributed by atoms with Crippen LogP contribution < -0.4 is 5.32 Å². The molecule has 2 aliphatic rings. The molecule has 6 heteroatoms. The molecule has 0 radical (unpaired) electrons. The van der Waals surface area contributed by atoms with Crippen LogP contribution in [0.3, 0.4) is 0 Å². The third-order valence-electron chi connectivity index (χ3n) is 4.57. The second-order valence-corrected chi connectivity index (χ2v) is 6.13. The Morgan fingerprint density at radius 3 is 2.81 bits per heavy atom. The Balaban J connectivity index is 1.59. The summed E-state index contributed by atoms with van der Waals surface area (Å²) in [6.07, 6.45) is 7.44. The number of ether oxygens (including phenoxy) is 1. The molecule has 6 nitrogen and oxygen atoms in total. The van der Waals surface area contributed by atoms with Gasteiger partial charge in [-0.1, -0.05) is 12.8 Å². The van der Waals surface area contributed by atoms with Gasteiger partial charge in [-0.05, 0) is 37.8 Å². The summed E-state index contributed by atoms with van der Waals surface area (Å²) in [4.78, 5) is 0. The number of nitrogens with zero attached hydrogens (tertiary/aromatic N) is 4. The molecule has 2 atom stereocenters. The van der Waals surface area contributed by atoms with E-state index in [-0.39, 0.29) is 6.10 Å². The summed E-state index contributed by atoms with van der Waals surface area (Å²) in [6.45, 7) is 0. The molecule has 2 aromatic rings. The summed E-state index contributed by atoms with van der Waals surface area (Å²) in [5.74, 6) is 2.43. The summed E-state index contributed by atoms with van der Waals surface area (Å²) in [5.41, 5.74) is 0.828. The quantitative estimate of drug-likeness (QED) is 0.935. The molecule has 2 saturated carbocycles. The van der Waals surface area contributed by atoms with E-state index < -0.39 is 0 Å². The molecule has 0 amide bonds. The molecular weight excluding hydrogens is 266 g/mol. The van der Waals surface area contributed by atoms with Crippen molar-refractivity contribution < 1.29 is 4.74 Å². The Bertz CT molecular complexity index is 636. The smallest absolute Gasteiger partial charge is 0.178 e. The van der Waals surface area contributed by atoms with Crippen molar-refractivity contribution in [1.82, 2.24) is 19.8 Å². The standard InChI is InChI=1S/C15H21N5O/c1-21-12-5-3-2-4-11(12)16-13-8-9-14-17-18-15(10-6-7-10)20(14)19-13/h8-12H,2-7H2,1H3,(H,16,19)/t11-,12+/m0/s1. The maximum atomic E-state index is 5.60. The Morgan fingerprint density at radius 2 is 2.00 bits per heavy atom. The molecule has 2 fully saturated rings. The van der Waals surface area contributed by atoms with Gasteiger partial charge in [-0.15, -0.1) is 15.3 Å². The molecule has 2 aliphatic carbocycles. The van der Waals surface area contributed by atoms with Crippen LogP contribution in [0, 0.1) is 0 Å². The van der Waals surface area contributed by atoms with E-state index in [0.717, 1.165) is 30.1 Å². The lowest BCUT2D eigenvalue weighted by Crippen LogP contribution is -2.38. The van der Waals surface area contributed by atoms with Gasteiger partial charge in [0, 0.05) is 13.0 Å². The van der Waals surface area contributed by atoms with Crippen molar-refractivity contribution in [3.63, 3.8) is 0 Å². The first-order valence-electron chi connectivity index (χ1n) is 7.87. The molecule has 0 aromatic carbocycles. The van der Waals surface area contributed by atoms with Crippen LogP contribution in [0.2, 0.25) is 0 Å². The summed E-state index contributed by atoms with van der Waals surface area (Å²) < 4.78 is 7.49. The Labute approximate surface area is 123 Å². The first kappa shape index (κ1) is 13.0. The Kier molecular flexibility index (Phi) is 3.25. The van der Waals surface area contributed by atoms with Gasteiger partial charge in [0.25, 0.3) is 0 Å². The van der Waals surface area contributed by atoms with Gasteiger partial charge in [-0.2, -0.15) is 4.52 Å². The third-order valence-corrected chi connectivity index (χ3v) is 4.57. The molecular formula is C15H21N5O. The zero-order valence-electron chi connectivity index (χ0n) is 12.3. The van der Waals surface area contributed by atoms with Crippen LogP contribution in [-0.4, -0.2) is 39.1 Å². The van der Waals surface area contributed by atoms with Crippen molar-refractivity contribution in [2.45, 2.75) is 56.6 Å². The second-order valence-electron chi connectivity index (χ2n) is 6.13. The molecule has 2 aromatic heterocycles. The highest BCUT2D eigenvalue weighted by molar-refractivity contribution is 5.45. The zero-order chi connectivity index (χ0) is 14.2. The van der Waals surface area contributed by atoms with Gasteiger partial charge in [-0.3, -0.25) is 0 Å². The van der Waals surface area contributed by atoms with Crippen LogP contribution in [-0.2, 0) is 4.74 Å². The van der Waals surface area contributed by atoms with E-state index in [2.05, 4.69) is 20.6 Å². The SMILES string of the molecule is CO[C@@H]1CCCC[C@@H]1Nc1ccc2nnc(C3CC3)n2n1. The van der Waals surface area contributed by atoms with Crippen LogP contribution in [0.25, 0.3) is 5.65 Å². The molecule has 0 unspecified atom stereocenters. The number of rotatable bonds is 4. The normalized spacial score (nSPS) is 26.1. The molecule has 2 heterocycles. The number of anilines is 1. The van der Waals surface area contributed by atoms with Crippen LogP contribution >= 0.6 is 0 Å². The molecule has 21 heavy (non-hydrogen) atoms. The van der Waals surface area contributed by atoms with Crippen LogP contribution in [0.5, 0.6) is 0 Å². The fraction of sp³-hybridized carbons (Fsp3) is 0.667. The zero-order valence-corrected chi connectivity index (χ0v) is 12.3. The Morgan fingerprint density at radius 1 is 1.14 bits per heavy atom. The van der Waals surface area contributed by atoms with Gasteiger partial charge >= 0.3 is 0 Å². The first-order chi connectivity index (χ1) is 10.3. The number of hydrogen-bond donors (Lipinski definition) is 1. The molecule has 1 N–H and O–H groups in total. The molecule has 112 valence electrons. The number of fused-ring (bicyclic) bond motifs is 1. The predicted molar refractivity (Wildman–Crippen MR) is 79.4 cm³/mol. The molecule has 0 aliphatic heterocycles. The Hall–Kier alpha value is -1.69. The van der Waals surface area contributed by atoms with Crippen molar-refractivity contribution in [1.29, 1.82) is 0 Å². The van der Waals surface area contributed by atoms with Crippen molar-refractivity contribution in [2.75, 3.05) is 12.4 Å². The van der Waals surface area contributed by atoms with Gasteiger partial charge in [-0.25, -0.2) is 0 Å². The second kappa shape index (κ2) is 5.26. The van der Waals surface area contributed by atoms with Crippen molar-refractivity contribution in [2.24, 2.45) is 0 Å². The minimum atomic E-state index is 0.278. The van der Waals surface area contributed by atoms with E-state index in [1.54, 1.807) is 7.11 Å². The van der Waals surface area contributed by atoms with Crippen molar-refractivity contribution in [3.05, 3.63) is 18.0 Å². The lowest BCUT2D eigenvalue weighted by Gasteiger charge is -2.31. The number of methoxy groups -OCH3 is 1. The molecule has 0 saturated heterocycles. The number of aromatic nitrogens is 4. The molecule has 0 spiro atoms. The monoisotopic (exact) mass is 287 g/mol. The number of nitrogens with one attached hydrogen (secondary N) is 1. The topological polar surface area (TPSA) is 64.3 Å². The molecule has 4 rings (SSSR count). The summed E-state index contributed by atoms with van der Waals surface area (Å²) in [5, 5.41) is 16.7. The number of hydrogen-bond acceptors (Lipinski definition) is 5. The maximum Gasteiger partial charge on any atom is 0.178 e. The largest absolute Gasteiger partial charge is 0.379 e. The summed E-state index contributed by atoms with van der Waals surface area (Å²) in [7, 11) is 1.80. The summed E-state index contributed by atoms with van der Waals surface area (Å²) >= 11 is 0. The minimum Gasteiger partial charge on any atom is -0.379 e. The van der Waals surface area contributed by atoms with E-state index in [9.17, 15) is 0 Å². The van der Waals surface area contributed by atoms with Gasteiger partial charge < -0.3 is 10.1 Å². The summed E-state index contributed by atoms with van der Waals surface area (Å²) in [6, 6.07) is 4.32. The van der Waals surface area contributed by atoms with E-state index >= 15 is 0 Å². The van der Waals surface area contributed by atoms with Gasteiger partial charge in [0.1, 0.15) is 5.82 Å². The maximum absolute atomic E-state index is 5.60. The minimum absolute atomic E-state index is 0.278. The van der Waals surface area contributed by atoms with E-state index in [0.29, 0.717) is 12.0 Å². The highest BCUT2D eigenvalue weighted by Gasteiger charge is 2.30. The van der Waals surface area contributed by atoms with E-state index in [1.165, 1.54) is 25.7 Å². The average molecular weight is 287 g/mol. The molecule has 0 bridgehead atoms. The van der Waals surface area contributed by atoms with Crippen molar-refractivity contribution >= 4 is 11.5 Å². The predicted octanol–water partition coefficient (Wildman–Crippen LogP) is 2.37. The lowest BCUT2D eigenvalue weighted by atomic mass is 9.92. The third kappa shape index (κ3) is 2.48. The van der Waals surface area contributed by atoms with Crippen LogP contribution in [0.4, 0.5) is 5.82 Å². The van der Waals surface area contributed by atoms with Gasteiger partial charge in [0.15, 0.2) is 11.5 Å². The van der Waals surface area contributed by atoms with Crippen molar-refractivity contribution in [3.8, 4) is 0 Å².